The molecular weight excluding hydrogens is 499 g/mol. The molecule has 192 valence electrons. The van der Waals surface area contributed by atoms with Crippen LogP contribution in [0.15, 0.2) is 65.1 Å². The number of carbonyl (C=O) groups excluding carboxylic acids is 2. The van der Waals surface area contributed by atoms with E-state index in [0.717, 1.165) is 29.2 Å². The highest BCUT2D eigenvalue weighted by molar-refractivity contribution is 8.72. The van der Waals surface area contributed by atoms with Gasteiger partial charge < -0.3 is 4.90 Å². The van der Waals surface area contributed by atoms with Crippen LogP contribution in [0.3, 0.4) is 0 Å². The van der Waals surface area contributed by atoms with Gasteiger partial charge in [-0.25, -0.2) is 12.8 Å². The average molecular weight is 531 g/mol. The van der Waals surface area contributed by atoms with Crippen LogP contribution < -0.4 is 0 Å². The predicted molar refractivity (Wildman–Crippen MR) is 140 cm³/mol. The lowest BCUT2D eigenvalue weighted by atomic mass is 9.93. The average Bonchev–Trinajstić information content (AvgIpc) is 3.67. The van der Waals surface area contributed by atoms with Gasteiger partial charge >= 0.3 is 0 Å². The van der Waals surface area contributed by atoms with Crippen molar-refractivity contribution < 1.29 is 22.4 Å². The van der Waals surface area contributed by atoms with Crippen LogP contribution in [0.4, 0.5) is 4.39 Å². The first-order chi connectivity index (χ1) is 17.1. The number of halogens is 1. The minimum Gasteiger partial charge on any atom is -0.345 e. The molecule has 1 saturated heterocycles. The number of likely N-dealkylation sites (tertiary alicyclic amines) is 1. The van der Waals surface area contributed by atoms with Gasteiger partial charge in [0.15, 0.2) is 5.78 Å². The molecule has 1 saturated carbocycles. The molecule has 0 radical (unpaired) electrons. The first-order valence-corrected chi connectivity index (χ1v) is 14.9. The third-order valence-corrected chi connectivity index (χ3v) is 10.5. The summed E-state index contributed by atoms with van der Waals surface area (Å²) in [5, 5.41) is -0.464. The van der Waals surface area contributed by atoms with Gasteiger partial charge in [-0.05, 0) is 60.8 Å². The zero-order chi connectivity index (χ0) is 26.0. The monoisotopic (exact) mass is 530 g/mol. The summed E-state index contributed by atoms with van der Waals surface area (Å²) >= 11 is 0. The number of ketones is 1. The number of rotatable bonds is 8. The van der Waals surface area contributed by atoms with Crippen molar-refractivity contribution in [3.63, 3.8) is 0 Å². The second-order valence-electron chi connectivity index (χ2n) is 9.66. The summed E-state index contributed by atoms with van der Waals surface area (Å²) in [5.74, 6) is -0.804. The third-order valence-electron chi connectivity index (χ3n) is 6.59. The minimum absolute atomic E-state index is 0.0169. The largest absolute Gasteiger partial charge is 0.345 e. The molecular formula is C27H31FN2O4S2. The lowest BCUT2D eigenvalue weighted by Gasteiger charge is -2.38. The molecule has 1 amide bonds. The fourth-order valence-electron chi connectivity index (χ4n) is 4.37. The molecule has 2 atom stereocenters. The maximum Gasteiger partial charge on any atom is 0.246 e. The fourth-order valence-corrected chi connectivity index (χ4v) is 7.97. The molecule has 0 N–H and O–H groups in total. The highest BCUT2D eigenvalue weighted by Crippen LogP contribution is 2.41. The van der Waals surface area contributed by atoms with Crippen LogP contribution in [0.2, 0.25) is 0 Å². The fraction of sp³-hybridized carbons (Fsp3) is 0.407. The van der Waals surface area contributed by atoms with Gasteiger partial charge in [0.05, 0.1) is 10.9 Å². The Kier molecular flexibility index (Phi) is 8.02. The first kappa shape index (κ1) is 26.6. The van der Waals surface area contributed by atoms with Crippen molar-refractivity contribution in [3.05, 3.63) is 77.1 Å². The quantitative estimate of drug-likeness (QED) is 0.373. The van der Waals surface area contributed by atoms with Crippen molar-refractivity contribution in [2.75, 3.05) is 27.2 Å². The topological polar surface area (TPSA) is 74.8 Å². The van der Waals surface area contributed by atoms with Gasteiger partial charge in [0.1, 0.15) is 5.82 Å². The zero-order valence-corrected chi connectivity index (χ0v) is 22.3. The van der Waals surface area contributed by atoms with E-state index in [2.05, 4.69) is 0 Å². The van der Waals surface area contributed by atoms with Gasteiger partial charge in [0, 0.05) is 50.0 Å². The lowest BCUT2D eigenvalue weighted by molar-refractivity contribution is -0.126. The van der Waals surface area contributed by atoms with Crippen molar-refractivity contribution in [2.24, 2.45) is 5.92 Å². The molecule has 1 aliphatic heterocycles. The van der Waals surface area contributed by atoms with Crippen LogP contribution in [0, 0.1) is 18.7 Å². The summed E-state index contributed by atoms with van der Waals surface area (Å²) in [6.07, 6.45) is 3.47. The van der Waals surface area contributed by atoms with Crippen LogP contribution in [0.1, 0.15) is 36.4 Å². The van der Waals surface area contributed by atoms with E-state index in [-0.39, 0.29) is 29.0 Å². The van der Waals surface area contributed by atoms with Gasteiger partial charge in [-0.1, -0.05) is 35.9 Å². The number of carbonyl (C=O) groups is 2. The van der Waals surface area contributed by atoms with E-state index < -0.39 is 26.0 Å². The van der Waals surface area contributed by atoms with Crippen LogP contribution in [-0.4, -0.2) is 62.3 Å². The van der Waals surface area contributed by atoms with Crippen LogP contribution >= 0.6 is 10.8 Å². The maximum absolute atomic E-state index is 14.8. The molecule has 0 spiro atoms. The van der Waals surface area contributed by atoms with E-state index in [9.17, 15) is 22.4 Å². The van der Waals surface area contributed by atoms with Crippen molar-refractivity contribution >= 4 is 31.4 Å². The van der Waals surface area contributed by atoms with E-state index >= 15 is 0 Å². The standard InChI is InChI=1S/C27H31FN2O4S2/c1-18-8-12-21(13-9-18)36(33,34)35-24-14-15-30(17-20(24)16-25(31)29(2)3)26(27(32)19-10-11-19)22-6-4-5-7-23(22)28/h4-9,12-13,16,19,24,26H,10-11,14-15,17H2,1-3H3/b20-16+. The number of amides is 1. The number of hydrogen-bond donors (Lipinski definition) is 0. The Morgan fingerprint density at radius 2 is 1.75 bits per heavy atom. The Morgan fingerprint density at radius 3 is 2.36 bits per heavy atom. The predicted octanol–water partition coefficient (Wildman–Crippen LogP) is 4.37. The number of likely N-dealkylation sites (N-methyl/N-ethyl adjacent to an activating group) is 1. The molecule has 1 heterocycles. The third kappa shape index (κ3) is 6.07. The normalized spacial score (nSPS) is 20.8. The van der Waals surface area contributed by atoms with Crippen molar-refractivity contribution in [1.82, 2.24) is 9.80 Å². The van der Waals surface area contributed by atoms with E-state index in [1.54, 1.807) is 56.6 Å². The number of Topliss-reactive ketones (excluding diaryl/α,β-unsaturated/α-hetero) is 1. The molecule has 4 rings (SSSR count). The van der Waals surface area contributed by atoms with Gasteiger partial charge in [-0.2, -0.15) is 0 Å². The van der Waals surface area contributed by atoms with Gasteiger partial charge in [0.25, 0.3) is 0 Å². The Morgan fingerprint density at radius 1 is 1.08 bits per heavy atom. The van der Waals surface area contributed by atoms with E-state index in [0.29, 0.717) is 24.1 Å². The zero-order valence-electron chi connectivity index (χ0n) is 20.7. The summed E-state index contributed by atoms with van der Waals surface area (Å²) in [7, 11) is 0.412. The van der Waals surface area contributed by atoms with Gasteiger partial charge in [0.2, 0.25) is 14.8 Å². The second-order valence-corrected chi connectivity index (χ2v) is 13.7. The van der Waals surface area contributed by atoms with Crippen LogP contribution in [0.5, 0.6) is 0 Å². The minimum atomic E-state index is -3.68. The SMILES string of the molecule is Cc1ccc(S(=O)(=O)SC2CCN(C(C(=O)C3CC3)c3ccccc3F)C/C2=C\C(=O)N(C)C)cc1. The summed E-state index contributed by atoms with van der Waals surface area (Å²) in [6.45, 7) is 2.51. The number of hydrogen-bond acceptors (Lipinski definition) is 6. The van der Waals surface area contributed by atoms with Crippen molar-refractivity contribution in [2.45, 2.75) is 42.4 Å². The molecule has 9 heteroatoms. The second kappa shape index (κ2) is 10.9. The number of benzene rings is 2. The molecule has 2 aromatic carbocycles. The molecule has 2 aliphatic rings. The summed E-state index contributed by atoms with van der Waals surface area (Å²) in [4.78, 5) is 29.5. The van der Waals surface area contributed by atoms with Crippen molar-refractivity contribution in [1.29, 1.82) is 0 Å². The molecule has 0 bridgehead atoms. The van der Waals surface area contributed by atoms with E-state index in [1.807, 2.05) is 11.8 Å². The lowest BCUT2D eigenvalue weighted by Crippen LogP contribution is -2.43. The van der Waals surface area contributed by atoms with Crippen LogP contribution in [-0.2, 0) is 18.5 Å². The Hall–Kier alpha value is -2.49. The van der Waals surface area contributed by atoms with Crippen LogP contribution in [0.25, 0.3) is 0 Å². The number of nitrogens with zero attached hydrogens (tertiary/aromatic N) is 2. The maximum atomic E-state index is 14.8. The van der Waals surface area contributed by atoms with Gasteiger partial charge in [-0.3, -0.25) is 14.5 Å². The molecule has 2 unspecified atom stereocenters. The molecule has 0 aromatic heterocycles. The Bertz CT molecular complexity index is 1270. The Labute approximate surface area is 215 Å². The molecule has 2 aromatic rings. The number of aryl methyl sites for hydroxylation is 1. The summed E-state index contributed by atoms with van der Waals surface area (Å²) in [5.41, 5.74) is 1.90. The number of piperidine rings is 1. The van der Waals surface area contributed by atoms with Gasteiger partial charge in [-0.15, -0.1) is 0 Å². The van der Waals surface area contributed by atoms with E-state index in [1.165, 1.54) is 17.0 Å². The Balaban J connectivity index is 1.65. The summed E-state index contributed by atoms with van der Waals surface area (Å²) in [6, 6.07) is 12.2. The first-order valence-electron chi connectivity index (χ1n) is 12.0. The van der Waals surface area contributed by atoms with Crippen molar-refractivity contribution in [3.8, 4) is 0 Å². The van der Waals surface area contributed by atoms with E-state index in [4.69, 9.17) is 0 Å². The molecule has 2 fully saturated rings. The summed E-state index contributed by atoms with van der Waals surface area (Å²) < 4.78 is 41.2. The highest BCUT2D eigenvalue weighted by Gasteiger charge is 2.42. The molecule has 36 heavy (non-hydrogen) atoms. The highest BCUT2D eigenvalue weighted by atomic mass is 33.1. The molecule has 1 aliphatic carbocycles. The molecule has 6 nitrogen and oxygen atoms in total. The smallest absolute Gasteiger partial charge is 0.246 e.